The fourth-order valence-electron chi connectivity index (χ4n) is 3.98. The van der Waals surface area contributed by atoms with Crippen LogP contribution in [0.1, 0.15) is 56.9 Å². The van der Waals surface area contributed by atoms with Gasteiger partial charge < -0.3 is 11.1 Å². The van der Waals surface area contributed by atoms with Gasteiger partial charge in [0.2, 0.25) is 5.91 Å². The Labute approximate surface area is 143 Å². The normalized spacial score (nSPS) is 26.3. The Morgan fingerprint density at radius 1 is 1.09 bits per heavy atom. The first-order chi connectivity index (χ1) is 10.6. The molecule has 1 aromatic carbocycles. The summed E-state index contributed by atoms with van der Waals surface area (Å²) in [5.41, 5.74) is 6.42. The molecule has 0 unspecified atom stereocenters. The van der Waals surface area contributed by atoms with Gasteiger partial charge in [0.15, 0.2) is 0 Å². The van der Waals surface area contributed by atoms with E-state index >= 15 is 0 Å². The molecule has 0 radical (unpaired) electrons. The van der Waals surface area contributed by atoms with E-state index < -0.39 is 5.41 Å². The molecular formula is C18H26ClFN2O. The highest BCUT2D eigenvalue weighted by Crippen LogP contribution is 2.41. The Hall–Kier alpha value is -1.13. The van der Waals surface area contributed by atoms with Crippen molar-refractivity contribution in [3.8, 4) is 0 Å². The van der Waals surface area contributed by atoms with E-state index in [1.165, 1.54) is 12.1 Å². The first kappa shape index (κ1) is 18.2. The number of nitrogens with one attached hydrogen (secondary N) is 1. The van der Waals surface area contributed by atoms with Crippen LogP contribution in [-0.2, 0) is 10.2 Å². The van der Waals surface area contributed by atoms with E-state index in [4.69, 9.17) is 5.73 Å². The summed E-state index contributed by atoms with van der Waals surface area (Å²) in [6.07, 6.45) is 7.72. The number of halogens is 2. The maximum Gasteiger partial charge on any atom is 0.230 e. The molecule has 0 heterocycles. The van der Waals surface area contributed by atoms with Crippen LogP contribution in [0.2, 0.25) is 0 Å². The molecule has 2 aliphatic rings. The number of amides is 1. The molecule has 1 aromatic rings. The van der Waals surface area contributed by atoms with Gasteiger partial charge in [0.05, 0.1) is 5.41 Å². The molecule has 0 aromatic heterocycles. The van der Waals surface area contributed by atoms with Gasteiger partial charge in [-0.3, -0.25) is 4.79 Å². The zero-order valence-electron chi connectivity index (χ0n) is 13.4. The van der Waals surface area contributed by atoms with Gasteiger partial charge in [-0.25, -0.2) is 4.39 Å². The third-order valence-electron chi connectivity index (χ3n) is 5.40. The molecule has 3 nitrogen and oxygen atoms in total. The molecule has 0 spiro atoms. The summed E-state index contributed by atoms with van der Waals surface area (Å²) in [6, 6.07) is 6.99. The summed E-state index contributed by atoms with van der Waals surface area (Å²) >= 11 is 0. The summed E-state index contributed by atoms with van der Waals surface area (Å²) < 4.78 is 13.2. The van der Waals surface area contributed by atoms with Crippen molar-refractivity contribution in [3.05, 3.63) is 35.6 Å². The lowest BCUT2D eigenvalue weighted by molar-refractivity contribution is -0.127. The number of hydrogen-bond acceptors (Lipinski definition) is 2. The van der Waals surface area contributed by atoms with Crippen LogP contribution in [0.3, 0.4) is 0 Å². The quantitative estimate of drug-likeness (QED) is 0.885. The van der Waals surface area contributed by atoms with Gasteiger partial charge in [-0.1, -0.05) is 25.0 Å². The molecule has 2 saturated carbocycles. The van der Waals surface area contributed by atoms with Gasteiger partial charge in [0, 0.05) is 12.1 Å². The Kier molecular flexibility index (Phi) is 6.04. The molecule has 0 aliphatic heterocycles. The fraction of sp³-hybridized carbons (Fsp3) is 0.611. The molecule has 2 aliphatic carbocycles. The highest BCUT2D eigenvalue weighted by Gasteiger charge is 2.43. The number of nitrogens with two attached hydrogens (primary N) is 1. The molecule has 0 bridgehead atoms. The smallest absolute Gasteiger partial charge is 0.230 e. The predicted molar refractivity (Wildman–Crippen MR) is 92.2 cm³/mol. The maximum absolute atomic E-state index is 13.2. The first-order valence-electron chi connectivity index (χ1n) is 8.43. The molecule has 23 heavy (non-hydrogen) atoms. The lowest BCUT2D eigenvalue weighted by Crippen LogP contribution is -2.48. The Bertz CT molecular complexity index is 520. The van der Waals surface area contributed by atoms with E-state index in [1.807, 2.05) is 0 Å². The van der Waals surface area contributed by atoms with Crippen LogP contribution in [-0.4, -0.2) is 18.0 Å². The molecule has 3 rings (SSSR count). The summed E-state index contributed by atoms with van der Waals surface area (Å²) in [4.78, 5) is 13.0. The second kappa shape index (κ2) is 7.63. The van der Waals surface area contributed by atoms with Crippen molar-refractivity contribution in [2.75, 3.05) is 0 Å². The Morgan fingerprint density at radius 2 is 1.65 bits per heavy atom. The fourth-order valence-corrected chi connectivity index (χ4v) is 3.98. The lowest BCUT2D eigenvalue weighted by Gasteiger charge is -2.33. The molecule has 0 atom stereocenters. The minimum atomic E-state index is -0.465. The number of carbonyl (C=O) groups is 1. The van der Waals surface area contributed by atoms with E-state index in [2.05, 4.69) is 5.32 Å². The predicted octanol–water partition coefficient (Wildman–Crippen LogP) is 3.45. The average Bonchev–Trinajstić information content (AvgIpc) is 3.01. The third kappa shape index (κ3) is 3.86. The summed E-state index contributed by atoms with van der Waals surface area (Å²) in [5, 5.41) is 3.25. The van der Waals surface area contributed by atoms with E-state index in [1.54, 1.807) is 12.1 Å². The highest BCUT2D eigenvalue weighted by atomic mass is 35.5. The van der Waals surface area contributed by atoms with Crippen LogP contribution in [0.15, 0.2) is 24.3 Å². The average molecular weight is 341 g/mol. The summed E-state index contributed by atoms with van der Waals surface area (Å²) in [5.74, 6) is -0.129. The zero-order chi connectivity index (χ0) is 15.6. The highest BCUT2D eigenvalue weighted by molar-refractivity contribution is 5.88. The van der Waals surface area contributed by atoms with Gasteiger partial charge >= 0.3 is 0 Å². The monoisotopic (exact) mass is 340 g/mol. The van der Waals surface area contributed by atoms with E-state index in [0.717, 1.165) is 56.9 Å². The molecule has 5 heteroatoms. The largest absolute Gasteiger partial charge is 0.353 e. The van der Waals surface area contributed by atoms with Crippen molar-refractivity contribution >= 4 is 18.3 Å². The SMILES string of the molecule is Cl.NC1CCC(NC(=O)C2(c3ccc(F)cc3)CCCC2)CC1. The molecule has 2 fully saturated rings. The van der Waals surface area contributed by atoms with Crippen molar-refractivity contribution in [2.24, 2.45) is 5.73 Å². The number of benzene rings is 1. The van der Waals surface area contributed by atoms with Gasteiger partial charge in [0.1, 0.15) is 5.82 Å². The zero-order valence-corrected chi connectivity index (χ0v) is 14.2. The van der Waals surface area contributed by atoms with Crippen molar-refractivity contribution < 1.29 is 9.18 Å². The molecule has 0 saturated heterocycles. The number of hydrogen-bond donors (Lipinski definition) is 2. The van der Waals surface area contributed by atoms with Crippen molar-refractivity contribution in [2.45, 2.75) is 68.9 Å². The van der Waals surface area contributed by atoms with E-state index in [0.29, 0.717) is 0 Å². The van der Waals surface area contributed by atoms with Gasteiger partial charge in [0.25, 0.3) is 0 Å². The first-order valence-corrected chi connectivity index (χ1v) is 8.43. The lowest BCUT2D eigenvalue weighted by atomic mass is 9.77. The van der Waals surface area contributed by atoms with Crippen LogP contribution in [0.5, 0.6) is 0 Å². The van der Waals surface area contributed by atoms with Crippen molar-refractivity contribution in [3.63, 3.8) is 0 Å². The summed E-state index contributed by atoms with van der Waals surface area (Å²) in [6.45, 7) is 0. The number of rotatable bonds is 3. The number of carbonyl (C=O) groups excluding carboxylic acids is 1. The standard InChI is InChI=1S/C18H25FN2O.ClH/c19-14-5-3-13(4-6-14)18(11-1-2-12-18)17(22)21-16-9-7-15(20)8-10-16;/h3-6,15-16H,1-2,7-12,20H2,(H,21,22);1H. The van der Waals surface area contributed by atoms with Crippen LogP contribution in [0.4, 0.5) is 4.39 Å². The third-order valence-corrected chi connectivity index (χ3v) is 5.40. The molecular weight excluding hydrogens is 315 g/mol. The molecule has 1 amide bonds. The second-order valence-electron chi connectivity index (χ2n) is 6.88. The van der Waals surface area contributed by atoms with Gasteiger partial charge in [-0.15, -0.1) is 12.4 Å². The van der Waals surface area contributed by atoms with Crippen molar-refractivity contribution in [1.82, 2.24) is 5.32 Å². The van der Waals surface area contributed by atoms with Crippen LogP contribution in [0.25, 0.3) is 0 Å². The Morgan fingerprint density at radius 3 is 2.22 bits per heavy atom. The maximum atomic E-state index is 13.2. The molecule has 3 N–H and O–H groups in total. The van der Waals surface area contributed by atoms with Gasteiger partial charge in [-0.2, -0.15) is 0 Å². The molecule has 128 valence electrons. The topological polar surface area (TPSA) is 55.1 Å². The van der Waals surface area contributed by atoms with E-state index in [-0.39, 0.29) is 36.2 Å². The second-order valence-corrected chi connectivity index (χ2v) is 6.88. The van der Waals surface area contributed by atoms with Gasteiger partial charge in [-0.05, 0) is 56.2 Å². The minimum absolute atomic E-state index is 0. The Balaban J connectivity index is 0.00000192. The van der Waals surface area contributed by atoms with E-state index in [9.17, 15) is 9.18 Å². The van der Waals surface area contributed by atoms with Crippen molar-refractivity contribution in [1.29, 1.82) is 0 Å². The summed E-state index contributed by atoms with van der Waals surface area (Å²) in [7, 11) is 0. The van der Waals surface area contributed by atoms with Crippen LogP contribution >= 0.6 is 12.4 Å². The minimum Gasteiger partial charge on any atom is -0.353 e. The van der Waals surface area contributed by atoms with Crippen LogP contribution < -0.4 is 11.1 Å². The van der Waals surface area contributed by atoms with Crippen LogP contribution in [0, 0.1) is 5.82 Å².